The summed E-state index contributed by atoms with van der Waals surface area (Å²) >= 11 is 0. The van der Waals surface area contributed by atoms with Crippen molar-refractivity contribution in [3.8, 4) is 0 Å². The molecule has 5 heteroatoms. The van der Waals surface area contributed by atoms with Crippen molar-refractivity contribution in [1.82, 2.24) is 0 Å². The fraction of sp³-hybridized carbons (Fsp3) is 0.250. The number of hydrogen-bond acceptors (Lipinski definition) is 3. The number of allylic oxidation sites excluding steroid dienone is 2. The van der Waals surface area contributed by atoms with Crippen LogP contribution in [0.3, 0.4) is 0 Å². The van der Waals surface area contributed by atoms with Gasteiger partial charge in [-0.05, 0) is 12.5 Å². The number of hydrogen-bond donors (Lipinski definition) is 3. The molecule has 1 rings (SSSR count). The molecule has 1 unspecified atom stereocenters. The topological polar surface area (TPSA) is 101 Å². The van der Waals surface area contributed by atoms with Gasteiger partial charge in [0.1, 0.15) is 0 Å². The Hall–Kier alpha value is -1.78. The Morgan fingerprint density at radius 2 is 2.08 bits per heavy atom. The van der Waals surface area contributed by atoms with Crippen LogP contribution in [0.4, 0.5) is 0 Å². The second-order valence-corrected chi connectivity index (χ2v) is 2.70. The van der Waals surface area contributed by atoms with E-state index in [1.807, 2.05) is 0 Å². The molecule has 13 heavy (non-hydrogen) atoms. The van der Waals surface area contributed by atoms with Gasteiger partial charge in [0, 0.05) is 5.70 Å². The van der Waals surface area contributed by atoms with Gasteiger partial charge >= 0.3 is 11.9 Å². The summed E-state index contributed by atoms with van der Waals surface area (Å²) in [5.74, 6) is -3.46. The Morgan fingerprint density at radius 3 is 2.46 bits per heavy atom. The van der Waals surface area contributed by atoms with Crippen molar-refractivity contribution in [1.29, 1.82) is 0 Å². The standard InChI is InChI=1S/C8H9NO4/c9-5-3-1-2-4(7(10)11)6(5)8(12)13/h1,3-4H,2,9H2,(H,10,11)(H,12,13). The van der Waals surface area contributed by atoms with Gasteiger partial charge in [-0.15, -0.1) is 0 Å². The molecule has 0 saturated heterocycles. The van der Waals surface area contributed by atoms with Crippen molar-refractivity contribution in [3.63, 3.8) is 0 Å². The number of aliphatic carboxylic acids is 2. The number of carbonyl (C=O) groups is 2. The average Bonchev–Trinajstić information content (AvgIpc) is 2.02. The molecule has 0 radical (unpaired) electrons. The molecule has 0 heterocycles. The highest BCUT2D eigenvalue weighted by Gasteiger charge is 2.30. The molecule has 0 aromatic heterocycles. The van der Waals surface area contributed by atoms with Crippen molar-refractivity contribution < 1.29 is 19.8 Å². The lowest BCUT2D eigenvalue weighted by Crippen LogP contribution is -2.26. The quantitative estimate of drug-likeness (QED) is 0.557. The highest BCUT2D eigenvalue weighted by molar-refractivity contribution is 5.95. The minimum absolute atomic E-state index is 0.0196. The number of carboxylic acid groups (broad SMARTS) is 2. The second-order valence-electron chi connectivity index (χ2n) is 2.70. The largest absolute Gasteiger partial charge is 0.481 e. The third-order valence-electron chi connectivity index (χ3n) is 1.86. The summed E-state index contributed by atoms with van der Waals surface area (Å²) in [7, 11) is 0. The van der Waals surface area contributed by atoms with E-state index in [1.54, 1.807) is 6.08 Å². The molecule has 0 amide bonds. The minimum atomic E-state index is -1.27. The summed E-state index contributed by atoms with van der Waals surface area (Å²) in [6.45, 7) is 0. The Balaban J connectivity index is 3.10. The molecule has 1 atom stereocenters. The zero-order chi connectivity index (χ0) is 10.0. The molecule has 0 aliphatic heterocycles. The maximum absolute atomic E-state index is 10.6. The third kappa shape index (κ3) is 1.69. The van der Waals surface area contributed by atoms with Crippen LogP contribution in [0.1, 0.15) is 6.42 Å². The number of carboxylic acids is 2. The molecule has 70 valence electrons. The van der Waals surface area contributed by atoms with Crippen LogP contribution in [0.5, 0.6) is 0 Å². The first-order chi connectivity index (χ1) is 6.04. The smallest absolute Gasteiger partial charge is 0.334 e. The van der Waals surface area contributed by atoms with Crippen molar-refractivity contribution in [2.75, 3.05) is 0 Å². The van der Waals surface area contributed by atoms with E-state index >= 15 is 0 Å². The van der Waals surface area contributed by atoms with Gasteiger partial charge in [-0.3, -0.25) is 4.79 Å². The molecule has 1 aliphatic rings. The maximum atomic E-state index is 10.6. The molecular formula is C8H9NO4. The van der Waals surface area contributed by atoms with Crippen LogP contribution in [0.25, 0.3) is 0 Å². The van der Waals surface area contributed by atoms with E-state index in [4.69, 9.17) is 15.9 Å². The summed E-state index contributed by atoms with van der Waals surface area (Å²) in [5.41, 5.74) is 5.15. The van der Waals surface area contributed by atoms with Crippen molar-refractivity contribution in [2.24, 2.45) is 11.7 Å². The molecule has 0 spiro atoms. The molecule has 0 aromatic rings. The summed E-state index contributed by atoms with van der Waals surface area (Å²) in [4.78, 5) is 21.3. The predicted octanol–water partition coefficient (Wildman–Crippen LogP) is -0.0555. The van der Waals surface area contributed by atoms with Crippen LogP contribution in [0.2, 0.25) is 0 Å². The molecule has 5 nitrogen and oxygen atoms in total. The van der Waals surface area contributed by atoms with Crippen LogP contribution in [0.15, 0.2) is 23.4 Å². The van der Waals surface area contributed by atoms with E-state index in [1.165, 1.54) is 6.08 Å². The van der Waals surface area contributed by atoms with Gasteiger partial charge in [-0.2, -0.15) is 0 Å². The molecule has 0 aromatic carbocycles. The van der Waals surface area contributed by atoms with Crippen LogP contribution in [-0.4, -0.2) is 22.2 Å². The first-order valence-electron chi connectivity index (χ1n) is 3.66. The summed E-state index contributed by atoms with van der Waals surface area (Å²) in [5, 5.41) is 17.4. The zero-order valence-corrected chi connectivity index (χ0v) is 6.73. The lowest BCUT2D eigenvalue weighted by Gasteiger charge is -2.16. The SMILES string of the molecule is NC1=C(C(=O)O)C(C(=O)O)CC=C1. The number of rotatable bonds is 2. The fourth-order valence-corrected chi connectivity index (χ4v) is 1.24. The first-order valence-corrected chi connectivity index (χ1v) is 3.66. The van der Waals surface area contributed by atoms with Crippen molar-refractivity contribution >= 4 is 11.9 Å². The molecular weight excluding hydrogens is 174 g/mol. The van der Waals surface area contributed by atoms with Crippen LogP contribution in [0, 0.1) is 5.92 Å². The summed E-state index contributed by atoms with van der Waals surface area (Å²) in [6.07, 6.45) is 3.15. The van der Waals surface area contributed by atoms with Gasteiger partial charge in [-0.1, -0.05) is 6.08 Å². The predicted molar refractivity (Wildman–Crippen MR) is 43.7 cm³/mol. The Labute approximate surface area is 74.2 Å². The first kappa shape index (κ1) is 9.31. The Bertz CT molecular complexity index is 316. The lowest BCUT2D eigenvalue weighted by atomic mass is 9.90. The highest BCUT2D eigenvalue weighted by Crippen LogP contribution is 2.23. The third-order valence-corrected chi connectivity index (χ3v) is 1.86. The summed E-state index contributed by atoms with van der Waals surface area (Å²) in [6, 6.07) is 0. The van der Waals surface area contributed by atoms with Gasteiger partial charge in [0.05, 0.1) is 11.5 Å². The van der Waals surface area contributed by atoms with Gasteiger partial charge in [0.25, 0.3) is 0 Å². The Morgan fingerprint density at radius 1 is 1.46 bits per heavy atom. The van der Waals surface area contributed by atoms with Crippen LogP contribution < -0.4 is 5.73 Å². The van der Waals surface area contributed by atoms with E-state index in [2.05, 4.69) is 0 Å². The van der Waals surface area contributed by atoms with E-state index in [9.17, 15) is 9.59 Å². The van der Waals surface area contributed by atoms with Crippen LogP contribution in [-0.2, 0) is 9.59 Å². The summed E-state index contributed by atoms with van der Waals surface area (Å²) < 4.78 is 0. The van der Waals surface area contributed by atoms with Crippen molar-refractivity contribution in [2.45, 2.75) is 6.42 Å². The van der Waals surface area contributed by atoms with Gasteiger partial charge in [0.2, 0.25) is 0 Å². The van der Waals surface area contributed by atoms with E-state index in [-0.39, 0.29) is 17.7 Å². The molecule has 0 saturated carbocycles. The van der Waals surface area contributed by atoms with Crippen LogP contribution >= 0.6 is 0 Å². The molecule has 0 fully saturated rings. The van der Waals surface area contributed by atoms with E-state index in [0.29, 0.717) is 0 Å². The average molecular weight is 183 g/mol. The number of nitrogens with two attached hydrogens (primary N) is 1. The van der Waals surface area contributed by atoms with Gasteiger partial charge in [-0.25, -0.2) is 4.79 Å². The minimum Gasteiger partial charge on any atom is -0.481 e. The van der Waals surface area contributed by atoms with Crippen molar-refractivity contribution in [3.05, 3.63) is 23.4 Å². The highest BCUT2D eigenvalue weighted by atomic mass is 16.4. The monoisotopic (exact) mass is 183 g/mol. The lowest BCUT2D eigenvalue weighted by molar-refractivity contribution is -0.143. The second kappa shape index (κ2) is 3.30. The normalized spacial score (nSPS) is 21.7. The fourth-order valence-electron chi connectivity index (χ4n) is 1.24. The molecule has 1 aliphatic carbocycles. The zero-order valence-electron chi connectivity index (χ0n) is 6.73. The molecule has 0 bridgehead atoms. The molecule has 4 N–H and O–H groups in total. The van der Waals surface area contributed by atoms with Gasteiger partial charge in [0.15, 0.2) is 0 Å². The van der Waals surface area contributed by atoms with E-state index < -0.39 is 17.9 Å². The van der Waals surface area contributed by atoms with Gasteiger partial charge < -0.3 is 15.9 Å². The van der Waals surface area contributed by atoms with E-state index in [0.717, 1.165) is 0 Å². The maximum Gasteiger partial charge on any atom is 0.334 e. The Kier molecular flexibility index (Phi) is 2.36.